The Bertz CT molecular complexity index is 569. The van der Waals surface area contributed by atoms with Crippen molar-refractivity contribution in [2.24, 2.45) is 0 Å². The molecule has 0 aliphatic carbocycles. The molecule has 0 aliphatic heterocycles. The van der Waals surface area contributed by atoms with Gasteiger partial charge in [-0.15, -0.1) is 0 Å². The quantitative estimate of drug-likeness (QED) is 0.833. The first-order chi connectivity index (χ1) is 9.77. The van der Waals surface area contributed by atoms with Gasteiger partial charge in [-0.1, -0.05) is 60.4 Å². The summed E-state index contributed by atoms with van der Waals surface area (Å²) in [5.74, 6) is 6.15. The second kappa shape index (κ2) is 7.49. The lowest BCUT2D eigenvalue weighted by molar-refractivity contribution is 0.138. The van der Waals surface area contributed by atoms with Crippen LogP contribution < -0.4 is 5.32 Å². The van der Waals surface area contributed by atoms with Crippen LogP contribution in [0.5, 0.6) is 0 Å². The summed E-state index contributed by atoms with van der Waals surface area (Å²) in [7, 11) is 0. The van der Waals surface area contributed by atoms with Crippen molar-refractivity contribution in [3.63, 3.8) is 0 Å². The maximum atomic E-state index is 10.2. The molecular weight excluding hydrogens is 246 g/mol. The summed E-state index contributed by atoms with van der Waals surface area (Å²) in [6, 6.07) is 19.5. The van der Waals surface area contributed by atoms with Crippen LogP contribution in [-0.2, 0) is 0 Å². The molecule has 102 valence electrons. The molecule has 0 saturated carbocycles. The maximum Gasteiger partial charge on any atom is 0.0940 e. The number of hydrogen-bond donors (Lipinski definition) is 2. The standard InChI is InChI=1S/C18H19NO/c1-15(18(20)17-12-6-3-7-13-17)19-14-8-11-16-9-4-2-5-10-16/h2-7,9-10,12-13,15,18-20H,14H2,1H3/t15-,18+/m1/s1. The van der Waals surface area contributed by atoms with Gasteiger partial charge in [0.25, 0.3) is 0 Å². The molecule has 2 aromatic carbocycles. The van der Waals surface area contributed by atoms with Crippen LogP contribution >= 0.6 is 0 Å². The minimum Gasteiger partial charge on any atom is -0.387 e. The molecule has 2 rings (SSSR count). The van der Waals surface area contributed by atoms with E-state index in [1.165, 1.54) is 0 Å². The van der Waals surface area contributed by atoms with Crippen LogP contribution in [0, 0.1) is 11.8 Å². The summed E-state index contributed by atoms with van der Waals surface area (Å²) in [6.07, 6.45) is -0.519. The number of hydrogen-bond acceptors (Lipinski definition) is 2. The fourth-order valence-electron chi connectivity index (χ4n) is 1.93. The van der Waals surface area contributed by atoms with Crippen molar-refractivity contribution in [2.45, 2.75) is 19.1 Å². The van der Waals surface area contributed by atoms with Gasteiger partial charge >= 0.3 is 0 Å². The van der Waals surface area contributed by atoms with Gasteiger partial charge in [-0.3, -0.25) is 0 Å². The van der Waals surface area contributed by atoms with Gasteiger partial charge in [-0.05, 0) is 24.6 Å². The number of aliphatic hydroxyl groups is 1. The monoisotopic (exact) mass is 265 g/mol. The van der Waals surface area contributed by atoms with Gasteiger partial charge in [-0.25, -0.2) is 0 Å². The van der Waals surface area contributed by atoms with E-state index in [0.29, 0.717) is 6.54 Å². The normalized spacial score (nSPS) is 13.1. The van der Waals surface area contributed by atoms with Gasteiger partial charge in [0.1, 0.15) is 0 Å². The highest BCUT2D eigenvalue weighted by atomic mass is 16.3. The molecule has 0 spiro atoms. The second-order valence-electron chi connectivity index (χ2n) is 4.69. The first kappa shape index (κ1) is 14.3. The van der Waals surface area contributed by atoms with E-state index in [-0.39, 0.29) is 6.04 Å². The number of benzene rings is 2. The van der Waals surface area contributed by atoms with Crippen molar-refractivity contribution < 1.29 is 5.11 Å². The molecule has 2 N–H and O–H groups in total. The van der Waals surface area contributed by atoms with Crippen LogP contribution in [0.15, 0.2) is 60.7 Å². The van der Waals surface area contributed by atoms with Crippen LogP contribution in [0.2, 0.25) is 0 Å². The van der Waals surface area contributed by atoms with E-state index in [1.807, 2.05) is 67.6 Å². The average molecular weight is 265 g/mol. The number of rotatable bonds is 4. The van der Waals surface area contributed by atoms with E-state index in [0.717, 1.165) is 11.1 Å². The Morgan fingerprint density at radius 3 is 2.25 bits per heavy atom. The van der Waals surface area contributed by atoms with E-state index < -0.39 is 6.10 Å². The van der Waals surface area contributed by atoms with Crippen molar-refractivity contribution in [3.05, 3.63) is 71.8 Å². The number of nitrogens with one attached hydrogen (secondary N) is 1. The van der Waals surface area contributed by atoms with Gasteiger partial charge < -0.3 is 10.4 Å². The molecule has 0 fully saturated rings. The Labute approximate surface area is 120 Å². The van der Waals surface area contributed by atoms with Gasteiger partial charge in [0.2, 0.25) is 0 Å². The molecule has 0 bridgehead atoms. The number of aliphatic hydroxyl groups excluding tert-OH is 1. The molecule has 0 amide bonds. The van der Waals surface area contributed by atoms with Crippen LogP contribution in [0.25, 0.3) is 0 Å². The Morgan fingerprint density at radius 2 is 1.60 bits per heavy atom. The van der Waals surface area contributed by atoms with E-state index in [1.54, 1.807) is 0 Å². The van der Waals surface area contributed by atoms with Crippen LogP contribution in [0.1, 0.15) is 24.2 Å². The molecule has 2 atom stereocenters. The van der Waals surface area contributed by atoms with E-state index in [9.17, 15) is 5.11 Å². The molecule has 0 heterocycles. The van der Waals surface area contributed by atoms with E-state index in [2.05, 4.69) is 17.2 Å². The fraction of sp³-hybridized carbons (Fsp3) is 0.222. The predicted molar refractivity (Wildman–Crippen MR) is 82.2 cm³/mol. The summed E-state index contributed by atoms with van der Waals surface area (Å²) >= 11 is 0. The molecule has 0 aromatic heterocycles. The Kier molecular flexibility index (Phi) is 5.37. The molecule has 0 unspecified atom stereocenters. The van der Waals surface area contributed by atoms with Crippen molar-refractivity contribution in [3.8, 4) is 11.8 Å². The summed E-state index contributed by atoms with van der Waals surface area (Å²) in [5.41, 5.74) is 1.93. The topological polar surface area (TPSA) is 32.3 Å². The zero-order valence-electron chi connectivity index (χ0n) is 11.6. The SMILES string of the molecule is C[C@@H](NCC#Cc1ccccc1)[C@H](O)c1ccccc1. The lowest BCUT2D eigenvalue weighted by Gasteiger charge is -2.19. The highest BCUT2D eigenvalue weighted by Gasteiger charge is 2.14. The largest absolute Gasteiger partial charge is 0.387 e. The van der Waals surface area contributed by atoms with Crippen LogP contribution in [0.3, 0.4) is 0 Å². The molecule has 0 saturated heterocycles. The molecule has 0 aliphatic rings. The highest BCUT2D eigenvalue weighted by Crippen LogP contribution is 2.15. The minimum atomic E-state index is -0.519. The van der Waals surface area contributed by atoms with Crippen molar-refractivity contribution in [1.82, 2.24) is 5.32 Å². The van der Waals surface area contributed by atoms with Gasteiger partial charge in [-0.2, -0.15) is 0 Å². The zero-order chi connectivity index (χ0) is 14.2. The van der Waals surface area contributed by atoms with Crippen molar-refractivity contribution in [1.29, 1.82) is 0 Å². The maximum absolute atomic E-state index is 10.2. The minimum absolute atomic E-state index is 0.0394. The van der Waals surface area contributed by atoms with Crippen molar-refractivity contribution in [2.75, 3.05) is 6.54 Å². The summed E-state index contributed by atoms with van der Waals surface area (Å²) in [6.45, 7) is 2.52. The third-order valence-corrected chi connectivity index (χ3v) is 3.13. The lowest BCUT2D eigenvalue weighted by Crippen LogP contribution is -2.32. The van der Waals surface area contributed by atoms with E-state index in [4.69, 9.17) is 0 Å². The van der Waals surface area contributed by atoms with Gasteiger partial charge in [0.15, 0.2) is 0 Å². The second-order valence-corrected chi connectivity index (χ2v) is 4.69. The van der Waals surface area contributed by atoms with Gasteiger partial charge in [0.05, 0.1) is 12.6 Å². The average Bonchev–Trinajstić information content (AvgIpc) is 2.52. The van der Waals surface area contributed by atoms with Gasteiger partial charge in [0, 0.05) is 11.6 Å². The molecule has 2 heteroatoms. The van der Waals surface area contributed by atoms with Crippen LogP contribution in [0.4, 0.5) is 0 Å². The third kappa shape index (κ3) is 4.24. The summed E-state index contributed by atoms with van der Waals surface area (Å²) in [5, 5.41) is 13.4. The zero-order valence-corrected chi connectivity index (χ0v) is 11.6. The summed E-state index contributed by atoms with van der Waals surface area (Å²) < 4.78 is 0. The predicted octanol–water partition coefficient (Wildman–Crippen LogP) is 2.75. The third-order valence-electron chi connectivity index (χ3n) is 3.13. The molecular formula is C18H19NO. The first-order valence-electron chi connectivity index (χ1n) is 6.77. The smallest absolute Gasteiger partial charge is 0.0940 e. The highest BCUT2D eigenvalue weighted by molar-refractivity contribution is 5.33. The molecule has 0 radical (unpaired) electrons. The Balaban J connectivity index is 1.84. The molecule has 20 heavy (non-hydrogen) atoms. The van der Waals surface area contributed by atoms with E-state index >= 15 is 0 Å². The molecule has 2 aromatic rings. The van der Waals surface area contributed by atoms with Crippen molar-refractivity contribution >= 4 is 0 Å². The Morgan fingerprint density at radius 1 is 1.00 bits per heavy atom. The molecule has 2 nitrogen and oxygen atoms in total. The summed E-state index contributed by atoms with van der Waals surface area (Å²) in [4.78, 5) is 0. The van der Waals surface area contributed by atoms with Crippen LogP contribution in [-0.4, -0.2) is 17.7 Å². The first-order valence-corrected chi connectivity index (χ1v) is 6.77. The fourth-order valence-corrected chi connectivity index (χ4v) is 1.93. The Hall–Kier alpha value is -2.08. The lowest BCUT2D eigenvalue weighted by atomic mass is 10.0.